The Morgan fingerprint density at radius 2 is 2.09 bits per heavy atom. The number of ether oxygens (including phenoxy) is 1. The molecule has 22 heavy (non-hydrogen) atoms. The topological polar surface area (TPSA) is 57.0 Å². The SMILES string of the molecule is Cc1ccc(C)c(OCc2c(C=O)nnn2CCC(C)C)c1. The number of rotatable bonds is 7. The van der Waals surface area contributed by atoms with Crippen LogP contribution in [0.2, 0.25) is 0 Å². The van der Waals surface area contributed by atoms with Crippen LogP contribution in [0.4, 0.5) is 0 Å². The lowest BCUT2D eigenvalue weighted by atomic mass is 10.1. The van der Waals surface area contributed by atoms with E-state index < -0.39 is 0 Å². The maximum absolute atomic E-state index is 11.1. The number of hydrogen-bond acceptors (Lipinski definition) is 4. The first kappa shape index (κ1) is 16.2. The number of carbonyl (C=O) groups is 1. The standard InChI is InChI=1S/C17H23N3O2/c1-12(2)7-8-20-16(15(10-21)18-19-20)11-22-17-9-13(3)5-6-14(17)4/h5-6,9-10,12H,7-8,11H2,1-4H3. The first-order chi connectivity index (χ1) is 10.5. The van der Waals surface area contributed by atoms with Gasteiger partial charge in [0.15, 0.2) is 12.0 Å². The highest BCUT2D eigenvalue weighted by Crippen LogP contribution is 2.21. The Morgan fingerprint density at radius 1 is 1.32 bits per heavy atom. The molecule has 0 atom stereocenters. The van der Waals surface area contributed by atoms with Gasteiger partial charge in [-0.3, -0.25) is 4.79 Å². The van der Waals surface area contributed by atoms with E-state index >= 15 is 0 Å². The number of aryl methyl sites for hydroxylation is 3. The molecule has 118 valence electrons. The van der Waals surface area contributed by atoms with Gasteiger partial charge in [-0.25, -0.2) is 4.68 Å². The van der Waals surface area contributed by atoms with Crippen molar-refractivity contribution >= 4 is 6.29 Å². The number of aldehydes is 1. The summed E-state index contributed by atoms with van der Waals surface area (Å²) in [6.45, 7) is 9.38. The molecule has 1 heterocycles. The van der Waals surface area contributed by atoms with Crippen LogP contribution in [0.3, 0.4) is 0 Å². The van der Waals surface area contributed by atoms with Crippen molar-refractivity contribution in [3.8, 4) is 5.75 Å². The maximum Gasteiger partial charge on any atom is 0.172 e. The van der Waals surface area contributed by atoms with Crippen molar-refractivity contribution in [2.75, 3.05) is 0 Å². The smallest absolute Gasteiger partial charge is 0.172 e. The van der Waals surface area contributed by atoms with E-state index in [2.05, 4.69) is 24.2 Å². The summed E-state index contributed by atoms with van der Waals surface area (Å²) in [5.41, 5.74) is 3.30. The fourth-order valence-electron chi connectivity index (χ4n) is 2.16. The third-order valence-electron chi connectivity index (χ3n) is 3.61. The highest BCUT2D eigenvalue weighted by atomic mass is 16.5. The molecule has 1 aromatic heterocycles. The van der Waals surface area contributed by atoms with Crippen LogP contribution in [0.25, 0.3) is 0 Å². The molecule has 0 saturated heterocycles. The minimum atomic E-state index is 0.295. The second kappa shape index (κ2) is 7.20. The van der Waals surface area contributed by atoms with E-state index in [0.717, 1.165) is 41.8 Å². The van der Waals surface area contributed by atoms with E-state index in [1.807, 2.05) is 32.0 Å². The van der Waals surface area contributed by atoms with Crippen LogP contribution in [-0.2, 0) is 13.2 Å². The van der Waals surface area contributed by atoms with Gasteiger partial charge in [0.05, 0.1) is 0 Å². The molecule has 0 aliphatic carbocycles. The van der Waals surface area contributed by atoms with E-state index in [9.17, 15) is 4.79 Å². The van der Waals surface area contributed by atoms with Gasteiger partial charge in [-0.05, 0) is 43.4 Å². The minimum absolute atomic E-state index is 0.295. The zero-order valence-electron chi connectivity index (χ0n) is 13.7. The van der Waals surface area contributed by atoms with Gasteiger partial charge in [-0.15, -0.1) is 5.10 Å². The molecule has 2 rings (SSSR count). The number of carbonyl (C=O) groups excluding carboxylic acids is 1. The third-order valence-corrected chi connectivity index (χ3v) is 3.61. The Morgan fingerprint density at radius 3 is 2.77 bits per heavy atom. The number of hydrogen-bond donors (Lipinski definition) is 0. The molecule has 5 heteroatoms. The van der Waals surface area contributed by atoms with Crippen LogP contribution in [-0.4, -0.2) is 21.3 Å². The molecule has 0 aliphatic heterocycles. The Kier molecular flexibility index (Phi) is 5.31. The summed E-state index contributed by atoms with van der Waals surface area (Å²) < 4.78 is 7.66. The van der Waals surface area contributed by atoms with Crippen LogP contribution >= 0.6 is 0 Å². The molecule has 5 nitrogen and oxygen atoms in total. The average Bonchev–Trinajstić information content (AvgIpc) is 2.88. The van der Waals surface area contributed by atoms with Gasteiger partial charge in [-0.2, -0.15) is 0 Å². The molecule has 0 amide bonds. The largest absolute Gasteiger partial charge is 0.487 e. The van der Waals surface area contributed by atoms with Crippen LogP contribution in [0, 0.1) is 19.8 Å². The van der Waals surface area contributed by atoms with Gasteiger partial charge in [0.2, 0.25) is 0 Å². The monoisotopic (exact) mass is 301 g/mol. The van der Waals surface area contributed by atoms with Crippen LogP contribution in [0.15, 0.2) is 18.2 Å². The highest BCUT2D eigenvalue weighted by Gasteiger charge is 2.14. The zero-order chi connectivity index (χ0) is 16.1. The fourth-order valence-corrected chi connectivity index (χ4v) is 2.16. The molecule has 0 saturated carbocycles. The lowest BCUT2D eigenvalue weighted by Gasteiger charge is -2.12. The van der Waals surface area contributed by atoms with Gasteiger partial charge < -0.3 is 4.74 Å². The lowest BCUT2D eigenvalue weighted by molar-refractivity contribution is 0.111. The van der Waals surface area contributed by atoms with Crippen molar-refractivity contribution in [3.05, 3.63) is 40.7 Å². The van der Waals surface area contributed by atoms with Gasteiger partial charge in [0.1, 0.15) is 18.1 Å². The summed E-state index contributed by atoms with van der Waals surface area (Å²) in [6, 6.07) is 6.07. The minimum Gasteiger partial charge on any atom is -0.487 e. The molecule has 2 aromatic rings. The maximum atomic E-state index is 11.1. The summed E-state index contributed by atoms with van der Waals surface area (Å²) in [6.07, 6.45) is 1.72. The Bertz CT molecular complexity index is 647. The van der Waals surface area contributed by atoms with E-state index in [0.29, 0.717) is 18.2 Å². The summed E-state index contributed by atoms with van der Waals surface area (Å²) in [5, 5.41) is 8.00. The van der Waals surface area contributed by atoms with Crippen LogP contribution in [0.5, 0.6) is 5.75 Å². The Hall–Kier alpha value is -2.17. The van der Waals surface area contributed by atoms with Crippen molar-refractivity contribution in [2.45, 2.75) is 47.3 Å². The zero-order valence-corrected chi connectivity index (χ0v) is 13.7. The van der Waals surface area contributed by atoms with E-state index in [4.69, 9.17) is 4.74 Å². The summed E-state index contributed by atoms with van der Waals surface area (Å²) in [7, 11) is 0. The fraction of sp³-hybridized carbons (Fsp3) is 0.471. The lowest BCUT2D eigenvalue weighted by Crippen LogP contribution is -2.11. The Balaban J connectivity index is 2.15. The van der Waals surface area contributed by atoms with Crippen molar-refractivity contribution in [3.63, 3.8) is 0 Å². The van der Waals surface area contributed by atoms with E-state index in [1.54, 1.807) is 4.68 Å². The molecular formula is C17H23N3O2. The molecule has 0 radical (unpaired) electrons. The summed E-state index contributed by atoms with van der Waals surface area (Å²) in [4.78, 5) is 11.1. The van der Waals surface area contributed by atoms with Gasteiger partial charge in [0, 0.05) is 6.54 Å². The predicted molar refractivity (Wildman–Crippen MR) is 85.1 cm³/mol. The molecule has 0 N–H and O–H groups in total. The van der Waals surface area contributed by atoms with Crippen molar-refractivity contribution in [2.24, 2.45) is 5.92 Å². The van der Waals surface area contributed by atoms with Gasteiger partial charge >= 0.3 is 0 Å². The molecule has 0 fully saturated rings. The van der Waals surface area contributed by atoms with E-state index in [-0.39, 0.29) is 0 Å². The first-order valence-electron chi connectivity index (χ1n) is 7.59. The quantitative estimate of drug-likeness (QED) is 0.736. The molecule has 0 spiro atoms. The molecule has 0 unspecified atom stereocenters. The second-order valence-corrected chi connectivity index (χ2v) is 6.00. The molecular weight excluding hydrogens is 278 g/mol. The highest BCUT2D eigenvalue weighted by molar-refractivity contribution is 5.73. The van der Waals surface area contributed by atoms with Crippen molar-refractivity contribution < 1.29 is 9.53 Å². The Labute approximate surface area is 131 Å². The molecule has 1 aromatic carbocycles. The first-order valence-corrected chi connectivity index (χ1v) is 7.59. The third kappa shape index (κ3) is 3.93. The summed E-state index contributed by atoms with van der Waals surface area (Å²) >= 11 is 0. The number of aromatic nitrogens is 3. The number of benzene rings is 1. The second-order valence-electron chi connectivity index (χ2n) is 6.00. The van der Waals surface area contributed by atoms with Crippen molar-refractivity contribution in [1.29, 1.82) is 0 Å². The van der Waals surface area contributed by atoms with Gasteiger partial charge in [-0.1, -0.05) is 31.2 Å². The normalized spacial score (nSPS) is 11.0. The average molecular weight is 301 g/mol. The van der Waals surface area contributed by atoms with Crippen LogP contribution in [0.1, 0.15) is 47.6 Å². The summed E-state index contributed by atoms with van der Waals surface area (Å²) in [5.74, 6) is 1.39. The van der Waals surface area contributed by atoms with Gasteiger partial charge in [0.25, 0.3) is 0 Å². The predicted octanol–water partition coefficient (Wildman–Crippen LogP) is 3.33. The molecule has 0 aliphatic rings. The van der Waals surface area contributed by atoms with Crippen LogP contribution < -0.4 is 4.74 Å². The number of nitrogens with zero attached hydrogens (tertiary/aromatic N) is 3. The van der Waals surface area contributed by atoms with E-state index in [1.165, 1.54) is 0 Å². The molecule has 0 bridgehead atoms. The van der Waals surface area contributed by atoms with Crippen molar-refractivity contribution in [1.82, 2.24) is 15.0 Å².